The lowest BCUT2D eigenvalue weighted by molar-refractivity contribution is -0.139. The molecule has 2 N–H and O–H groups in total. The van der Waals surface area contributed by atoms with E-state index in [0.29, 0.717) is 0 Å². The predicted molar refractivity (Wildman–Crippen MR) is 89.0 cm³/mol. The molecular weight excluding hydrogens is 294 g/mol. The molecule has 2 aliphatic rings. The molecule has 0 aliphatic carbocycles. The molecule has 1 unspecified atom stereocenters. The van der Waals surface area contributed by atoms with Crippen LogP contribution in [-0.4, -0.2) is 60.8 Å². The second-order valence-electron chi connectivity index (χ2n) is 7.03. The van der Waals surface area contributed by atoms with Crippen molar-refractivity contribution in [3.05, 3.63) is 11.8 Å². The zero-order chi connectivity index (χ0) is 16.6. The van der Waals surface area contributed by atoms with E-state index in [2.05, 4.69) is 20.2 Å². The summed E-state index contributed by atoms with van der Waals surface area (Å²) in [6.45, 7) is 4.57. The molecule has 7 nitrogen and oxygen atoms in total. The monoisotopic (exact) mass is 319 g/mol. The summed E-state index contributed by atoms with van der Waals surface area (Å²) >= 11 is 0. The van der Waals surface area contributed by atoms with Gasteiger partial charge in [0.25, 0.3) is 0 Å². The Labute approximate surface area is 136 Å². The number of carbonyl (C=O) groups is 1. The van der Waals surface area contributed by atoms with Gasteiger partial charge in [-0.15, -0.1) is 0 Å². The molecule has 0 radical (unpaired) electrons. The van der Waals surface area contributed by atoms with E-state index in [1.54, 1.807) is 0 Å². The van der Waals surface area contributed by atoms with Crippen molar-refractivity contribution in [3.63, 3.8) is 0 Å². The predicted octanol–water partition coefficient (Wildman–Crippen LogP) is 0.884. The largest absolute Gasteiger partial charge is 0.480 e. The van der Waals surface area contributed by atoms with Crippen molar-refractivity contribution in [3.8, 4) is 0 Å². The van der Waals surface area contributed by atoms with Gasteiger partial charge >= 0.3 is 5.97 Å². The summed E-state index contributed by atoms with van der Waals surface area (Å²) in [5.74, 6) is 0.987. The molecule has 126 valence electrons. The van der Waals surface area contributed by atoms with E-state index in [9.17, 15) is 4.79 Å². The number of aryl methyl sites for hydroxylation is 1. The van der Waals surface area contributed by atoms with Gasteiger partial charge in [0.1, 0.15) is 11.9 Å². The van der Waals surface area contributed by atoms with Gasteiger partial charge in [0.05, 0.1) is 0 Å². The van der Waals surface area contributed by atoms with E-state index in [-0.39, 0.29) is 5.41 Å². The van der Waals surface area contributed by atoms with Gasteiger partial charge in [-0.1, -0.05) is 0 Å². The minimum atomic E-state index is -0.734. The highest BCUT2D eigenvalue weighted by Gasteiger charge is 2.43. The van der Waals surface area contributed by atoms with E-state index in [0.717, 1.165) is 56.2 Å². The van der Waals surface area contributed by atoms with E-state index in [1.807, 2.05) is 32.1 Å². The van der Waals surface area contributed by atoms with Crippen molar-refractivity contribution in [2.75, 3.05) is 43.5 Å². The summed E-state index contributed by atoms with van der Waals surface area (Å²) < 4.78 is 0. The van der Waals surface area contributed by atoms with Crippen molar-refractivity contribution >= 4 is 17.7 Å². The molecule has 7 heteroatoms. The third kappa shape index (κ3) is 3.10. The second-order valence-corrected chi connectivity index (χ2v) is 7.03. The number of carboxylic acid groups (broad SMARTS) is 1. The summed E-state index contributed by atoms with van der Waals surface area (Å²) in [5, 5.41) is 12.3. The Morgan fingerprint density at radius 3 is 2.70 bits per heavy atom. The Hall–Kier alpha value is -1.89. The van der Waals surface area contributed by atoms with Crippen LogP contribution in [0.25, 0.3) is 0 Å². The van der Waals surface area contributed by atoms with Gasteiger partial charge in [0, 0.05) is 45.5 Å². The number of carboxylic acids is 1. The number of nitrogens with zero attached hydrogens (tertiary/aromatic N) is 4. The van der Waals surface area contributed by atoms with Gasteiger partial charge in [-0.3, -0.25) is 4.79 Å². The van der Waals surface area contributed by atoms with Crippen LogP contribution in [0.5, 0.6) is 0 Å². The van der Waals surface area contributed by atoms with Gasteiger partial charge in [-0.2, -0.15) is 4.98 Å². The molecule has 2 aliphatic heterocycles. The van der Waals surface area contributed by atoms with E-state index in [1.165, 1.54) is 0 Å². The Morgan fingerprint density at radius 1 is 1.43 bits per heavy atom. The molecule has 3 heterocycles. The third-order valence-corrected chi connectivity index (χ3v) is 5.12. The van der Waals surface area contributed by atoms with Crippen molar-refractivity contribution in [2.45, 2.75) is 32.2 Å². The van der Waals surface area contributed by atoms with Gasteiger partial charge in [-0.25, -0.2) is 4.98 Å². The first-order valence-corrected chi connectivity index (χ1v) is 8.12. The van der Waals surface area contributed by atoms with Crippen LogP contribution in [0.2, 0.25) is 0 Å². The molecule has 0 amide bonds. The number of anilines is 2. The van der Waals surface area contributed by atoms with Crippen molar-refractivity contribution in [2.24, 2.45) is 5.41 Å². The molecule has 1 aromatic rings. The lowest BCUT2D eigenvalue weighted by Crippen LogP contribution is -2.42. The highest BCUT2D eigenvalue weighted by Crippen LogP contribution is 2.40. The van der Waals surface area contributed by atoms with E-state index in [4.69, 9.17) is 5.11 Å². The topological polar surface area (TPSA) is 81.6 Å². The summed E-state index contributed by atoms with van der Waals surface area (Å²) in [6.07, 6.45) is 4.57. The molecule has 2 saturated heterocycles. The zero-order valence-corrected chi connectivity index (χ0v) is 14.0. The fraction of sp³-hybridized carbons (Fsp3) is 0.688. The molecule has 0 saturated carbocycles. The van der Waals surface area contributed by atoms with Crippen LogP contribution in [0.3, 0.4) is 0 Å². The molecule has 1 aromatic heterocycles. The van der Waals surface area contributed by atoms with Gasteiger partial charge in [0.2, 0.25) is 5.95 Å². The van der Waals surface area contributed by atoms with Crippen LogP contribution in [0.1, 0.15) is 24.8 Å². The first-order chi connectivity index (χ1) is 10.9. The lowest BCUT2D eigenvalue weighted by Gasteiger charge is -2.39. The van der Waals surface area contributed by atoms with Gasteiger partial charge < -0.3 is 20.2 Å². The minimum absolute atomic E-state index is 0.120. The maximum Gasteiger partial charge on any atom is 0.320 e. The molecule has 0 aromatic carbocycles. The number of aromatic nitrogens is 2. The summed E-state index contributed by atoms with van der Waals surface area (Å²) in [6, 6.07) is -0.391. The van der Waals surface area contributed by atoms with Crippen molar-refractivity contribution in [1.29, 1.82) is 0 Å². The Bertz CT molecular complexity index is 596. The quantitative estimate of drug-likeness (QED) is 0.856. The molecule has 2 fully saturated rings. The van der Waals surface area contributed by atoms with E-state index < -0.39 is 12.0 Å². The van der Waals surface area contributed by atoms with Crippen LogP contribution in [0.15, 0.2) is 6.20 Å². The number of aliphatic carboxylic acids is 1. The highest BCUT2D eigenvalue weighted by molar-refractivity contribution is 5.74. The van der Waals surface area contributed by atoms with Crippen molar-refractivity contribution < 1.29 is 9.90 Å². The normalized spacial score (nSPS) is 23.3. The maximum atomic E-state index is 11.1. The van der Waals surface area contributed by atoms with Crippen LogP contribution in [0.4, 0.5) is 11.8 Å². The molecule has 3 rings (SSSR count). The average molecular weight is 319 g/mol. The third-order valence-electron chi connectivity index (χ3n) is 5.12. The number of nitrogens with one attached hydrogen (secondary N) is 1. The van der Waals surface area contributed by atoms with Crippen molar-refractivity contribution in [1.82, 2.24) is 15.3 Å². The maximum absolute atomic E-state index is 11.1. The van der Waals surface area contributed by atoms with Crippen LogP contribution >= 0.6 is 0 Å². The average Bonchev–Trinajstić information content (AvgIpc) is 2.93. The first-order valence-electron chi connectivity index (χ1n) is 8.12. The number of hydrogen-bond acceptors (Lipinski definition) is 6. The molecule has 0 bridgehead atoms. The Balaban J connectivity index is 1.68. The Kier molecular flexibility index (Phi) is 4.14. The molecule has 1 atom stereocenters. The number of rotatable bonds is 3. The van der Waals surface area contributed by atoms with E-state index >= 15 is 0 Å². The molecular formula is C16H25N5O2. The van der Waals surface area contributed by atoms with Gasteiger partial charge in [0.15, 0.2) is 0 Å². The molecule has 1 spiro atoms. The number of hydrogen-bond donors (Lipinski definition) is 2. The van der Waals surface area contributed by atoms with Crippen LogP contribution in [0, 0.1) is 12.3 Å². The summed E-state index contributed by atoms with van der Waals surface area (Å²) in [4.78, 5) is 24.5. The zero-order valence-electron chi connectivity index (χ0n) is 14.0. The van der Waals surface area contributed by atoms with Crippen LogP contribution < -0.4 is 15.1 Å². The minimum Gasteiger partial charge on any atom is -0.480 e. The lowest BCUT2D eigenvalue weighted by atomic mass is 9.76. The first kappa shape index (κ1) is 16.0. The highest BCUT2D eigenvalue weighted by atomic mass is 16.4. The molecule has 23 heavy (non-hydrogen) atoms. The second kappa shape index (κ2) is 5.96. The number of piperidine rings is 1. The smallest absolute Gasteiger partial charge is 0.320 e. The standard InChI is InChI=1S/C16H25N5O2/c1-11-9-17-15(19-13(11)20(2)3)21-6-4-16(5-7-21)8-12(14(22)23)18-10-16/h9,12,18H,4-8,10H2,1-3H3,(H,22,23). The SMILES string of the molecule is Cc1cnc(N2CCC3(CC2)CNC(C(=O)O)C3)nc1N(C)C. The summed E-state index contributed by atoms with van der Waals surface area (Å²) in [7, 11) is 3.97. The fourth-order valence-electron chi connectivity index (χ4n) is 3.68. The Morgan fingerprint density at radius 2 is 2.13 bits per heavy atom. The van der Waals surface area contributed by atoms with Gasteiger partial charge in [-0.05, 0) is 31.6 Å². The van der Waals surface area contributed by atoms with Crippen LogP contribution in [-0.2, 0) is 4.79 Å². The fourth-order valence-corrected chi connectivity index (χ4v) is 3.68. The summed E-state index contributed by atoms with van der Waals surface area (Å²) in [5.41, 5.74) is 1.19.